The predicted molar refractivity (Wildman–Crippen MR) is 143 cm³/mol. The van der Waals surface area contributed by atoms with Gasteiger partial charge in [0.1, 0.15) is 16.3 Å². The predicted octanol–water partition coefficient (Wildman–Crippen LogP) is 3.23. The van der Waals surface area contributed by atoms with Crippen LogP contribution >= 0.6 is 11.3 Å². The maximum absolute atomic E-state index is 13.3. The average molecular weight is 523 g/mol. The molecule has 0 aromatic carbocycles. The lowest BCUT2D eigenvalue weighted by Gasteiger charge is -2.24. The first kappa shape index (κ1) is 26.4. The molecule has 0 radical (unpaired) electrons. The molecule has 0 aliphatic rings. The second kappa shape index (κ2) is 13.0. The molecule has 37 heavy (non-hydrogen) atoms. The number of pyridine rings is 2. The van der Waals surface area contributed by atoms with Crippen LogP contribution in [0.5, 0.6) is 5.88 Å². The number of amides is 1. The molecule has 0 saturated carbocycles. The molecule has 4 heterocycles. The molecule has 0 spiro atoms. The molecule has 194 valence electrons. The quantitative estimate of drug-likeness (QED) is 0.283. The van der Waals surface area contributed by atoms with Crippen molar-refractivity contribution < 1.29 is 19.0 Å². The molecule has 0 aliphatic heterocycles. The van der Waals surface area contributed by atoms with Gasteiger partial charge in [0.15, 0.2) is 5.82 Å². The Morgan fingerprint density at radius 1 is 1.03 bits per heavy atom. The van der Waals surface area contributed by atoms with Crippen molar-refractivity contribution in [3.63, 3.8) is 0 Å². The lowest BCUT2D eigenvalue weighted by Crippen LogP contribution is -2.32. The molecule has 4 aromatic rings. The van der Waals surface area contributed by atoms with E-state index in [9.17, 15) is 4.79 Å². The van der Waals surface area contributed by atoms with E-state index in [0.29, 0.717) is 73.4 Å². The van der Waals surface area contributed by atoms with Gasteiger partial charge in [-0.25, -0.2) is 15.0 Å². The molecule has 4 aromatic heterocycles. The first-order chi connectivity index (χ1) is 18.1. The van der Waals surface area contributed by atoms with Crippen LogP contribution in [0, 0.1) is 0 Å². The van der Waals surface area contributed by atoms with Crippen molar-refractivity contribution in [3.05, 3.63) is 59.2 Å². The summed E-state index contributed by atoms with van der Waals surface area (Å²) in [6, 6.07) is 9.36. The number of hydrogen-bond donors (Lipinski definition) is 1. The summed E-state index contributed by atoms with van der Waals surface area (Å²) in [6.07, 6.45) is 4.10. The van der Waals surface area contributed by atoms with Crippen LogP contribution in [0.15, 0.2) is 48.1 Å². The van der Waals surface area contributed by atoms with Gasteiger partial charge in [0.2, 0.25) is 5.88 Å². The third-order valence-electron chi connectivity index (χ3n) is 5.69. The maximum Gasteiger partial charge on any atom is 0.252 e. The summed E-state index contributed by atoms with van der Waals surface area (Å²) in [5.74, 6) is 1.54. The summed E-state index contributed by atoms with van der Waals surface area (Å²) in [7, 11) is 4.90. The van der Waals surface area contributed by atoms with Crippen LogP contribution in [0.4, 0.5) is 5.82 Å². The minimum Gasteiger partial charge on any atom is -0.481 e. The Morgan fingerprint density at radius 2 is 1.84 bits per heavy atom. The van der Waals surface area contributed by atoms with E-state index in [4.69, 9.17) is 24.2 Å². The summed E-state index contributed by atoms with van der Waals surface area (Å²) in [6.45, 7) is 2.61. The van der Waals surface area contributed by atoms with E-state index in [-0.39, 0.29) is 5.91 Å². The number of methoxy groups -OCH3 is 3. The second-order valence-electron chi connectivity index (χ2n) is 8.10. The van der Waals surface area contributed by atoms with Gasteiger partial charge in [-0.15, -0.1) is 11.3 Å². The summed E-state index contributed by atoms with van der Waals surface area (Å²) in [5, 5.41) is 5.57. The van der Waals surface area contributed by atoms with Crippen LogP contribution in [0.3, 0.4) is 0 Å². The summed E-state index contributed by atoms with van der Waals surface area (Å²) < 4.78 is 15.8. The lowest BCUT2D eigenvalue weighted by atomic mass is 10.1. The zero-order valence-corrected chi connectivity index (χ0v) is 22.0. The van der Waals surface area contributed by atoms with Crippen molar-refractivity contribution in [2.45, 2.75) is 6.42 Å². The van der Waals surface area contributed by atoms with Crippen LogP contribution in [0.1, 0.15) is 15.9 Å². The largest absolute Gasteiger partial charge is 0.481 e. The Hall–Kier alpha value is -3.67. The third kappa shape index (κ3) is 6.56. The Bertz CT molecular complexity index is 1290. The van der Waals surface area contributed by atoms with Crippen LogP contribution in [-0.2, 0) is 15.9 Å². The molecule has 0 atom stereocenters. The molecule has 11 heteroatoms. The summed E-state index contributed by atoms with van der Waals surface area (Å²) in [5.41, 5.74) is 2.21. The Balaban J connectivity index is 1.64. The molecule has 0 unspecified atom stereocenters. The standard InChI is InChI=1S/C26H30N6O4S/c1-34-14-12-32(13-15-35-2)24-22-19(25(33)28-11-9-18-7-8-21(36-3)29-16-18)17-37-26(22)31-23(30-24)20-6-4-5-10-27-20/h4-8,10,16-17H,9,11-15H2,1-3H3,(H,28,33). The van der Waals surface area contributed by atoms with E-state index < -0.39 is 0 Å². The van der Waals surface area contributed by atoms with Gasteiger partial charge < -0.3 is 24.4 Å². The Labute approximate surface area is 219 Å². The smallest absolute Gasteiger partial charge is 0.252 e. The Kier molecular flexibility index (Phi) is 9.30. The lowest BCUT2D eigenvalue weighted by molar-refractivity contribution is 0.0956. The van der Waals surface area contributed by atoms with Crippen molar-refractivity contribution in [3.8, 4) is 17.4 Å². The van der Waals surface area contributed by atoms with Gasteiger partial charge in [0.05, 0.1) is 31.3 Å². The molecular weight excluding hydrogens is 492 g/mol. The topological polar surface area (TPSA) is 112 Å². The van der Waals surface area contributed by atoms with Crippen molar-refractivity contribution >= 4 is 33.3 Å². The number of hydrogen-bond acceptors (Lipinski definition) is 10. The van der Waals surface area contributed by atoms with Gasteiger partial charge in [-0.3, -0.25) is 9.78 Å². The van der Waals surface area contributed by atoms with Crippen LogP contribution in [0.2, 0.25) is 0 Å². The number of fused-ring (bicyclic) bond motifs is 1. The van der Waals surface area contributed by atoms with Crippen LogP contribution in [0.25, 0.3) is 21.7 Å². The third-order valence-corrected chi connectivity index (χ3v) is 6.56. The molecule has 1 amide bonds. The highest BCUT2D eigenvalue weighted by atomic mass is 32.1. The number of anilines is 1. The monoisotopic (exact) mass is 522 g/mol. The molecule has 0 saturated heterocycles. The fraction of sp³-hybridized carbons (Fsp3) is 0.346. The Morgan fingerprint density at radius 3 is 2.49 bits per heavy atom. The first-order valence-electron chi connectivity index (χ1n) is 11.8. The van der Waals surface area contributed by atoms with Gasteiger partial charge in [0, 0.05) is 57.7 Å². The number of carbonyl (C=O) groups is 1. The molecule has 4 rings (SSSR count). The normalized spacial score (nSPS) is 11.0. The average Bonchev–Trinajstić information content (AvgIpc) is 3.38. The van der Waals surface area contributed by atoms with Crippen molar-refractivity contribution in [2.24, 2.45) is 0 Å². The van der Waals surface area contributed by atoms with Crippen molar-refractivity contribution in [2.75, 3.05) is 59.1 Å². The van der Waals surface area contributed by atoms with Crippen molar-refractivity contribution in [1.82, 2.24) is 25.3 Å². The number of ether oxygens (including phenoxy) is 3. The zero-order chi connectivity index (χ0) is 26.0. The van der Waals surface area contributed by atoms with Gasteiger partial charge in [-0.05, 0) is 24.1 Å². The van der Waals surface area contributed by atoms with Crippen LogP contribution < -0.4 is 15.0 Å². The van der Waals surface area contributed by atoms with E-state index in [1.54, 1.807) is 39.8 Å². The van der Waals surface area contributed by atoms with Gasteiger partial charge in [-0.2, -0.15) is 0 Å². The highest BCUT2D eigenvalue weighted by Gasteiger charge is 2.23. The number of rotatable bonds is 13. The number of nitrogens with zero attached hydrogens (tertiary/aromatic N) is 5. The summed E-state index contributed by atoms with van der Waals surface area (Å²) >= 11 is 1.41. The van der Waals surface area contributed by atoms with E-state index in [1.807, 2.05) is 29.6 Å². The number of carbonyl (C=O) groups excluding carboxylic acids is 1. The van der Waals surface area contributed by atoms with Crippen LogP contribution in [-0.4, -0.2) is 80.0 Å². The SMILES string of the molecule is COCCN(CCOC)c1nc(-c2ccccn2)nc2scc(C(=O)NCCc3ccc(OC)nc3)c12. The molecule has 0 bridgehead atoms. The van der Waals surface area contributed by atoms with Gasteiger partial charge in [-0.1, -0.05) is 12.1 Å². The number of thiophene rings is 1. The molecule has 10 nitrogen and oxygen atoms in total. The van der Waals surface area contributed by atoms with E-state index in [1.165, 1.54) is 11.3 Å². The van der Waals surface area contributed by atoms with Gasteiger partial charge in [0.25, 0.3) is 5.91 Å². The van der Waals surface area contributed by atoms with Gasteiger partial charge >= 0.3 is 0 Å². The highest BCUT2D eigenvalue weighted by molar-refractivity contribution is 7.17. The first-order valence-corrected chi connectivity index (χ1v) is 12.7. The minimum atomic E-state index is -0.179. The fourth-order valence-corrected chi connectivity index (χ4v) is 4.66. The molecule has 0 fully saturated rings. The number of nitrogens with one attached hydrogen (secondary N) is 1. The maximum atomic E-state index is 13.3. The van der Waals surface area contributed by atoms with E-state index in [0.717, 1.165) is 10.4 Å². The van der Waals surface area contributed by atoms with E-state index in [2.05, 4.69) is 20.2 Å². The minimum absolute atomic E-state index is 0.179. The highest BCUT2D eigenvalue weighted by Crippen LogP contribution is 2.34. The van der Waals surface area contributed by atoms with Crippen molar-refractivity contribution in [1.29, 1.82) is 0 Å². The summed E-state index contributed by atoms with van der Waals surface area (Å²) in [4.78, 5) is 34.4. The van der Waals surface area contributed by atoms with E-state index >= 15 is 0 Å². The molecule has 0 aliphatic carbocycles. The second-order valence-corrected chi connectivity index (χ2v) is 8.96. The fourth-order valence-electron chi connectivity index (χ4n) is 3.75. The molecular formula is C26H30N6O4S. The zero-order valence-electron chi connectivity index (χ0n) is 21.1. The molecule has 1 N–H and O–H groups in total. The number of aromatic nitrogens is 4.